The van der Waals surface area contributed by atoms with Crippen molar-refractivity contribution in [1.82, 2.24) is 10.2 Å². The van der Waals surface area contributed by atoms with Gasteiger partial charge in [-0.15, -0.1) is 0 Å². The molecule has 0 spiro atoms. The lowest BCUT2D eigenvalue weighted by molar-refractivity contribution is 0.0632. The molecular formula is C9H20N2. The first-order chi connectivity index (χ1) is 5.24. The van der Waals surface area contributed by atoms with E-state index < -0.39 is 0 Å². The van der Waals surface area contributed by atoms with Crippen LogP contribution in [0, 0.1) is 5.92 Å². The van der Waals surface area contributed by atoms with E-state index in [0.717, 1.165) is 12.0 Å². The quantitative estimate of drug-likeness (QED) is 0.651. The molecular weight excluding hydrogens is 136 g/mol. The minimum atomic E-state index is 0.751. The lowest BCUT2D eigenvalue weighted by atomic mass is 9.95. The van der Waals surface area contributed by atoms with Crippen molar-refractivity contribution >= 4 is 0 Å². The van der Waals surface area contributed by atoms with Gasteiger partial charge in [0.25, 0.3) is 0 Å². The average molecular weight is 156 g/mol. The van der Waals surface area contributed by atoms with Crippen LogP contribution in [-0.4, -0.2) is 37.6 Å². The Morgan fingerprint density at radius 3 is 2.55 bits per heavy atom. The molecule has 1 N–H and O–H groups in total. The van der Waals surface area contributed by atoms with Gasteiger partial charge >= 0.3 is 0 Å². The Labute approximate surface area is 70.0 Å². The number of rotatable bonds is 4. The van der Waals surface area contributed by atoms with Crippen molar-refractivity contribution < 1.29 is 0 Å². The smallest absolute Gasteiger partial charge is 0.00388 e. The molecule has 0 atom stereocenters. The molecule has 0 aromatic heterocycles. The fourth-order valence-electron chi connectivity index (χ4n) is 1.56. The van der Waals surface area contributed by atoms with Crippen molar-refractivity contribution in [3.8, 4) is 0 Å². The normalized spacial score (nSPS) is 20.7. The predicted molar refractivity (Wildman–Crippen MR) is 48.7 cm³/mol. The minimum absolute atomic E-state index is 0.751. The zero-order valence-electron chi connectivity index (χ0n) is 7.93. The van der Waals surface area contributed by atoms with Crippen LogP contribution in [0.25, 0.3) is 0 Å². The molecule has 0 amide bonds. The third kappa shape index (κ3) is 2.46. The Morgan fingerprint density at radius 1 is 1.45 bits per heavy atom. The number of nitrogens with zero attached hydrogens (tertiary/aromatic N) is 1. The molecule has 0 aliphatic carbocycles. The topological polar surface area (TPSA) is 15.3 Å². The first-order valence-corrected chi connectivity index (χ1v) is 4.62. The molecule has 11 heavy (non-hydrogen) atoms. The molecule has 2 heteroatoms. The highest BCUT2D eigenvalue weighted by Crippen LogP contribution is 2.20. The summed E-state index contributed by atoms with van der Waals surface area (Å²) >= 11 is 0. The summed E-state index contributed by atoms with van der Waals surface area (Å²) in [7, 11) is 2.03. The second-order valence-corrected chi connectivity index (χ2v) is 3.81. The maximum atomic E-state index is 3.19. The molecule has 0 saturated carbocycles. The Kier molecular flexibility index (Phi) is 3.34. The van der Waals surface area contributed by atoms with Crippen LogP contribution in [0.15, 0.2) is 0 Å². The van der Waals surface area contributed by atoms with Crippen LogP contribution in [0.1, 0.15) is 20.3 Å². The maximum absolute atomic E-state index is 3.19. The van der Waals surface area contributed by atoms with Crippen molar-refractivity contribution in [3.63, 3.8) is 0 Å². The molecule has 1 saturated heterocycles. The van der Waals surface area contributed by atoms with Gasteiger partial charge in [-0.1, -0.05) is 0 Å². The molecule has 1 aliphatic heterocycles. The third-order valence-corrected chi connectivity index (χ3v) is 2.52. The Bertz CT molecular complexity index is 106. The van der Waals surface area contributed by atoms with E-state index in [4.69, 9.17) is 0 Å². The highest BCUT2D eigenvalue weighted by atomic mass is 15.2. The van der Waals surface area contributed by atoms with Crippen molar-refractivity contribution in [3.05, 3.63) is 0 Å². The van der Waals surface area contributed by atoms with E-state index in [1.54, 1.807) is 0 Å². The Balaban J connectivity index is 2.00. The summed E-state index contributed by atoms with van der Waals surface area (Å²) in [5.74, 6) is 0.963. The summed E-state index contributed by atoms with van der Waals surface area (Å²) in [6, 6.07) is 0.751. The van der Waals surface area contributed by atoms with Crippen LogP contribution in [0.3, 0.4) is 0 Å². The van der Waals surface area contributed by atoms with Crippen LogP contribution < -0.4 is 5.32 Å². The summed E-state index contributed by atoms with van der Waals surface area (Å²) in [6.07, 6.45) is 1.35. The summed E-state index contributed by atoms with van der Waals surface area (Å²) in [5, 5.41) is 3.19. The van der Waals surface area contributed by atoms with Gasteiger partial charge in [-0.3, -0.25) is 0 Å². The number of nitrogens with one attached hydrogen (secondary N) is 1. The monoisotopic (exact) mass is 156 g/mol. The van der Waals surface area contributed by atoms with Crippen molar-refractivity contribution in [2.24, 2.45) is 5.92 Å². The maximum Gasteiger partial charge on any atom is 0.00388 e. The third-order valence-electron chi connectivity index (χ3n) is 2.52. The van der Waals surface area contributed by atoms with Crippen molar-refractivity contribution in [2.45, 2.75) is 26.3 Å². The lowest BCUT2D eigenvalue weighted by Gasteiger charge is -2.42. The van der Waals surface area contributed by atoms with Crippen LogP contribution in [-0.2, 0) is 0 Å². The number of hydrogen-bond acceptors (Lipinski definition) is 2. The van der Waals surface area contributed by atoms with Gasteiger partial charge in [0.05, 0.1) is 0 Å². The Hall–Kier alpha value is -0.0800. The number of likely N-dealkylation sites (tertiary alicyclic amines) is 1. The molecule has 0 radical (unpaired) electrons. The van der Waals surface area contributed by atoms with Gasteiger partial charge in [0, 0.05) is 19.1 Å². The average Bonchev–Trinajstić information content (AvgIpc) is 1.84. The molecule has 1 aliphatic rings. The van der Waals surface area contributed by atoms with E-state index >= 15 is 0 Å². The summed E-state index contributed by atoms with van der Waals surface area (Å²) in [4.78, 5) is 2.53. The zero-order valence-corrected chi connectivity index (χ0v) is 7.93. The van der Waals surface area contributed by atoms with E-state index in [1.807, 2.05) is 7.05 Å². The standard InChI is InChI=1S/C9H20N2/c1-8(2)11-6-9(7-11)4-5-10-3/h8-10H,4-7H2,1-3H3. The van der Waals surface area contributed by atoms with E-state index in [0.29, 0.717) is 0 Å². The van der Waals surface area contributed by atoms with E-state index in [1.165, 1.54) is 26.1 Å². The van der Waals surface area contributed by atoms with Gasteiger partial charge in [-0.05, 0) is 39.8 Å². The van der Waals surface area contributed by atoms with Gasteiger partial charge in [0.15, 0.2) is 0 Å². The van der Waals surface area contributed by atoms with Crippen LogP contribution >= 0.6 is 0 Å². The number of hydrogen-bond donors (Lipinski definition) is 1. The SMILES string of the molecule is CNCCC1CN(C(C)C)C1. The lowest BCUT2D eigenvalue weighted by Crippen LogP contribution is -2.50. The largest absolute Gasteiger partial charge is 0.320 e. The van der Waals surface area contributed by atoms with E-state index in [2.05, 4.69) is 24.1 Å². The van der Waals surface area contributed by atoms with Gasteiger partial charge in [0.1, 0.15) is 0 Å². The first kappa shape index (κ1) is 9.01. The van der Waals surface area contributed by atoms with Crippen LogP contribution in [0.5, 0.6) is 0 Å². The summed E-state index contributed by atoms with van der Waals surface area (Å²) in [6.45, 7) is 8.36. The first-order valence-electron chi connectivity index (χ1n) is 4.62. The van der Waals surface area contributed by atoms with Gasteiger partial charge in [-0.25, -0.2) is 0 Å². The fourth-order valence-corrected chi connectivity index (χ4v) is 1.56. The van der Waals surface area contributed by atoms with E-state index in [9.17, 15) is 0 Å². The van der Waals surface area contributed by atoms with Gasteiger partial charge in [-0.2, -0.15) is 0 Å². The van der Waals surface area contributed by atoms with Crippen molar-refractivity contribution in [1.29, 1.82) is 0 Å². The molecule has 0 aromatic rings. The van der Waals surface area contributed by atoms with E-state index in [-0.39, 0.29) is 0 Å². The molecule has 1 heterocycles. The molecule has 1 fully saturated rings. The molecule has 0 bridgehead atoms. The highest BCUT2D eigenvalue weighted by Gasteiger charge is 2.27. The minimum Gasteiger partial charge on any atom is -0.320 e. The second-order valence-electron chi connectivity index (χ2n) is 3.81. The molecule has 0 unspecified atom stereocenters. The second kappa shape index (κ2) is 4.07. The highest BCUT2D eigenvalue weighted by molar-refractivity contribution is 4.81. The van der Waals surface area contributed by atoms with Crippen LogP contribution in [0.4, 0.5) is 0 Å². The molecule has 0 aromatic carbocycles. The predicted octanol–water partition coefficient (Wildman–Crippen LogP) is 0.936. The fraction of sp³-hybridized carbons (Fsp3) is 1.00. The molecule has 2 nitrogen and oxygen atoms in total. The molecule has 1 rings (SSSR count). The van der Waals surface area contributed by atoms with Gasteiger partial charge in [0.2, 0.25) is 0 Å². The zero-order chi connectivity index (χ0) is 8.27. The Morgan fingerprint density at radius 2 is 2.09 bits per heavy atom. The van der Waals surface area contributed by atoms with Gasteiger partial charge < -0.3 is 10.2 Å². The molecule has 66 valence electrons. The van der Waals surface area contributed by atoms with Crippen LogP contribution in [0.2, 0.25) is 0 Å². The summed E-state index contributed by atoms with van der Waals surface area (Å²) in [5.41, 5.74) is 0. The summed E-state index contributed by atoms with van der Waals surface area (Å²) < 4.78 is 0. The van der Waals surface area contributed by atoms with Crippen molar-refractivity contribution in [2.75, 3.05) is 26.7 Å².